The Labute approximate surface area is 128 Å². The number of primary amides is 1. The Kier molecular flexibility index (Phi) is 4.62. The van der Waals surface area contributed by atoms with E-state index in [0.717, 1.165) is 0 Å². The Morgan fingerprint density at radius 3 is 2.65 bits per heavy atom. The molecule has 0 aliphatic heterocycles. The van der Waals surface area contributed by atoms with Crippen LogP contribution in [0, 0.1) is 5.82 Å². The molecule has 0 aromatic heterocycles. The molecule has 2 rings (SSSR count). The smallest absolute Gasteiger partial charge is 0.248 e. The van der Waals surface area contributed by atoms with Crippen molar-refractivity contribution in [3.05, 3.63) is 62.8 Å². The van der Waals surface area contributed by atoms with Crippen LogP contribution in [0.5, 0.6) is 5.75 Å². The number of halogens is 3. The molecule has 0 saturated carbocycles. The summed E-state index contributed by atoms with van der Waals surface area (Å²) in [4.78, 5) is 11.0. The number of amides is 1. The van der Waals surface area contributed by atoms with Gasteiger partial charge in [0.05, 0.1) is 4.47 Å². The molecule has 0 saturated heterocycles. The van der Waals surface area contributed by atoms with Crippen LogP contribution in [0.2, 0.25) is 5.02 Å². The van der Waals surface area contributed by atoms with Gasteiger partial charge in [-0.1, -0.05) is 17.7 Å². The van der Waals surface area contributed by atoms with E-state index in [0.29, 0.717) is 26.4 Å². The summed E-state index contributed by atoms with van der Waals surface area (Å²) in [5.41, 5.74) is 6.20. The summed E-state index contributed by atoms with van der Waals surface area (Å²) >= 11 is 9.26. The van der Waals surface area contributed by atoms with Crippen molar-refractivity contribution in [1.29, 1.82) is 0 Å². The van der Waals surface area contributed by atoms with Crippen LogP contribution in [-0.4, -0.2) is 5.91 Å². The average molecular weight is 359 g/mol. The number of hydrogen-bond acceptors (Lipinski definition) is 2. The van der Waals surface area contributed by atoms with Gasteiger partial charge in [-0.15, -0.1) is 0 Å². The van der Waals surface area contributed by atoms with Gasteiger partial charge in [0.15, 0.2) is 0 Å². The van der Waals surface area contributed by atoms with Crippen LogP contribution in [0.15, 0.2) is 40.9 Å². The van der Waals surface area contributed by atoms with E-state index in [1.54, 1.807) is 12.1 Å². The third kappa shape index (κ3) is 3.49. The molecule has 0 spiro atoms. The third-order valence-electron chi connectivity index (χ3n) is 2.61. The molecular weight excluding hydrogens is 349 g/mol. The number of nitrogens with two attached hydrogens (primary N) is 1. The highest BCUT2D eigenvalue weighted by molar-refractivity contribution is 9.10. The van der Waals surface area contributed by atoms with Crippen LogP contribution < -0.4 is 10.5 Å². The van der Waals surface area contributed by atoms with Gasteiger partial charge in [0.25, 0.3) is 0 Å². The van der Waals surface area contributed by atoms with Gasteiger partial charge in [-0.25, -0.2) is 4.39 Å². The van der Waals surface area contributed by atoms with Crippen LogP contribution in [0.1, 0.15) is 15.9 Å². The van der Waals surface area contributed by atoms with Crippen molar-refractivity contribution >= 4 is 33.4 Å². The van der Waals surface area contributed by atoms with Crippen molar-refractivity contribution in [2.75, 3.05) is 0 Å². The fourth-order valence-corrected chi connectivity index (χ4v) is 2.27. The SMILES string of the molecule is NC(=O)c1ccc(COc2ccc(F)cc2Br)c(Cl)c1. The first-order chi connectivity index (χ1) is 9.47. The van der Waals surface area contributed by atoms with Crippen LogP contribution in [0.4, 0.5) is 4.39 Å². The maximum absolute atomic E-state index is 12.9. The lowest BCUT2D eigenvalue weighted by atomic mass is 10.1. The largest absolute Gasteiger partial charge is 0.488 e. The Morgan fingerprint density at radius 1 is 1.30 bits per heavy atom. The minimum atomic E-state index is -0.541. The molecule has 0 bridgehead atoms. The first kappa shape index (κ1) is 14.8. The minimum Gasteiger partial charge on any atom is -0.488 e. The second-order valence-electron chi connectivity index (χ2n) is 4.03. The molecule has 104 valence electrons. The van der Waals surface area contributed by atoms with Gasteiger partial charge < -0.3 is 10.5 Å². The lowest BCUT2D eigenvalue weighted by molar-refractivity contribution is 0.1000. The van der Waals surface area contributed by atoms with E-state index in [4.69, 9.17) is 22.1 Å². The van der Waals surface area contributed by atoms with E-state index >= 15 is 0 Å². The monoisotopic (exact) mass is 357 g/mol. The zero-order valence-corrected chi connectivity index (χ0v) is 12.5. The summed E-state index contributed by atoms with van der Waals surface area (Å²) in [6.07, 6.45) is 0. The van der Waals surface area contributed by atoms with Crippen LogP contribution in [0.3, 0.4) is 0 Å². The summed E-state index contributed by atoms with van der Waals surface area (Å²) in [6, 6.07) is 8.87. The molecule has 3 nitrogen and oxygen atoms in total. The molecule has 2 aromatic carbocycles. The van der Waals surface area contributed by atoms with E-state index in [9.17, 15) is 9.18 Å². The van der Waals surface area contributed by atoms with Crippen molar-refractivity contribution in [2.45, 2.75) is 6.61 Å². The summed E-state index contributed by atoms with van der Waals surface area (Å²) < 4.78 is 19.0. The molecule has 6 heteroatoms. The quantitative estimate of drug-likeness (QED) is 0.900. The number of carbonyl (C=O) groups is 1. The molecule has 0 aliphatic carbocycles. The van der Waals surface area contributed by atoms with Crippen molar-refractivity contribution in [2.24, 2.45) is 5.73 Å². The second-order valence-corrected chi connectivity index (χ2v) is 5.30. The van der Waals surface area contributed by atoms with Crippen LogP contribution in [0.25, 0.3) is 0 Å². The number of hydrogen-bond donors (Lipinski definition) is 1. The average Bonchev–Trinajstić information content (AvgIpc) is 2.38. The number of carbonyl (C=O) groups excluding carboxylic acids is 1. The molecule has 2 aromatic rings. The lowest BCUT2D eigenvalue weighted by Crippen LogP contribution is -2.11. The van der Waals surface area contributed by atoms with Gasteiger partial charge in [0.2, 0.25) is 5.91 Å². The van der Waals surface area contributed by atoms with Gasteiger partial charge in [0.1, 0.15) is 18.2 Å². The maximum Gasteiger partial charge on any atom is 0.248 e. The molecule has 1 amide bonds. The van der Waals surface area contributed by atoms with Crippen molar-refractivity contribution in [3.8, 4) is 5.75 Å². The molecule has 0 aliphatic rings. The Hall–Kier alpha value is -1.59. The molecule has 0 atom stereocenters. The Bertz CT molecular complexity index is 664. The van der Waals surface area contributed by atoms with Crippen LogP contribution >= 0.6 is 27.5 Å². The predicted molar refractivity (Wildman–Crippen MR) is 78.4 cm³/mol. The number of ether oxygens (including phenoxy) is 1. The van der Waals surface area contributed by atoms with Crippen LogP contribution in [-0.2, 0) is 6.61 Å². The van der Waals surface area contributed by atoms with Gasteiger partial charge in [0, 0.05) is 16.1 Å². The molecule has 0 radical (unpaired) electrons. The normalized spacial score (nSPS) is 10.3. The van der Waals surface area contributed by atoms with E-state index in [-0.39, 0.29) is 12.4 Å². The fourth-order valence-electron chi connectivity index (χ4n) is 1.57. The molecule has 20 heavy (non-hydrogen) atoms. The summed E-state index contributed by atoms with van der Waals surface area (Å²) in [6.45, 7) is 0.197. The number of rotatable bonds is 4. The van der Waals surface area contributed by atoms with Gasteiger partial charge in [-0.3, -0.25) is 4.79 Å². The standard InChI is InChI=1S/C14H10BrClFNO2/c15-11-6-10(17)3-4-13(11)20-7-9-2-1-8(14(18)19)5-12(9)16/h1-6H,7H2,(H2,18,19). The summed E-state index contributed by atoms with van der Waals surface area (Å²) in [7, 11) is 0. The summed E-state index contributed by atoms with van der Waals surface area (Å²) in [5.74, 6) is -0.393. The van der Waals surface area contributed by atoms with E-state index in [1.807, 2.05) is 0 Å². The molecule has 0 heterocycles. The first-order valence-corrected chi connectivity index (χ1v) is 6.80. The second kappa shape index (κ2) is 6.24. The topological polar surface area (TPSA) is 52.3 Å². The van der Waals surface area contributed by atoms with Gasteiger partial charge in [-0.2, -0.15) is 0 Å². The molecule has 2 N–H and O–H groups in total. The first-order valence-electron chi connectivity index (χ1n) is 5.63. The minimum absolute atomic E-state index is 0.197. The van der Waals surface area contributed by atoms with Gasteiger partial charge >= 0.3 is 0 Å². The van der Waals surface area contributed by atoms with Crippen molar-refractivity contribution < 1.29 is 13.9 Å². The summed E-state index contributed by atoms with van der Waals surface area (Å²) in [5, 5.41) is 0.388. The predicted octanol–water partition coefficient (Wildman–Crippen LogP) is 3.92. The third-order valence-corrected chi connectivity index (χ3v) is 3.59. The van der Waals surface area contributed by atoms with E-state index < -0.39 is 5.91 Å². The Morgan fingerprint density at radius 2 is 2.05 bits per heavy atom. The lowest BCUT2D eigenvalue weighted by Gasteiger charge is -2.10. The zero-order valence-electron chi connectivity index (χ0n) is 10.2. The highest BCUT2D eigenvalue weighted by atomic mass is 79.9. The highest BCUT2D eigenvalue weighted by Crippen LogP contribution is 2.27. The molecule has 0 fully saturated rings. The van der Waals surface area contributed by atoms with Gasteiger partial charge in [-0.05, 0) is 46.3 Å². The Balaban J connectivity index is 2.13. The van der Waals surface area contributed by atoms with Crippen molar-refractivity contribution in [3.63, 3.8) is 0 Å². The maximum atomic E-state index is 12.9. The number of benzene rings is 2. The van der Waals surface area contributed by atoms with E-state index in [1.165, 1.54) is 24.3 Å². The fraction of sp³-hybridized carbons (Fsp3) is 0.0714. The van der Waals surface area contributed by atoms with E-state index in [2.05, 4.69) is 15.9 Å². The molecular formula is C14H10BrClFNO2. The highest BCUT2D eigenvalue weighted by Gasteiger charge is 2.08. The van der Waals surface area contributed by atoms with Crippen molar-refractivity contribution in [1.82, 2.24) is 0 Å². The molecule has 0 unspecified atom stereocenters. The zero-order chi connectivity index (χ0) is 14.7.